The second kappa shape index (κ2) is 20.3. The number of ether oxygens (including phenoxy) is 9. The fourth-order valence-corrected chi connectivity index (χ4v) is 9.92. The molecule has 4 saturated heterocycles. The number of hydrogen-bond donors (Lipinski definition) is 10. The number of hydrogen-bond acceptors (Lipinski definition) is 21. The van der Waals surface area contributed by atoms with E-state index in [4.69, 9.17) is 42.6 Å². The van der Waals surface area contributed by atoms with Gasteiger partial charge in [0.25, 0.3) is 0 Å². The molecule has 0 spiro atoms. The summed E-state index contributed by atoms with van der Waals surface area (Å²) in [4.78, 5) is 28.6. The van der Waals surface area contributed by atoms with Crippen LogP contribution in [0.3, 0.4) is 0 Å². The number of phenolic OH excluding ortho intramolecular Hbond substituents is 2. The molecule has 4 aliphatic heterocycles. The van der Waals surface area contributed by atoms with Gasteiger partial charge in [-0.2, -0.15) is 0 Å². The molecule has 0 radical (unpaired) electrons. The lowest BCUT2D eigenvalue weighted by Crippen LogP contribution is -2.58. The maximum Gasteiger partial charge on any atom is 0.202 e. The van der Waals surface area contributed by atoms with Gasteiger partial charge in [-0.3, -0.25) is 9.59 Å². The van der Waals surface area contributed by atoms with Gasteiger partial charge in [0.1, 0.15) is 60.0 Å². The van der Waals surface area contributed by atoms with Crippen molar-refractivity contribution in [3.8, 4) is 17.2 Å². The van der Waals surface area contributed by atoms with Gasteiger partial charge in [0.2, 0.25) is 6.29 Å². The molecule has 376 valence electrons. The van der Waals surface area contributed by atoms with E-state index in [2.05, 4.69) is 0 Å². The Kier molecular flexibility index (Phi) is 15.6. The summed E-state index contributed by atoms with van der Waals surface area (Å²) in [5.74, 6) is -3.94. The van der Waals surface area contributed by atoms with Crippen molar-refractivity contribution >= 4 is 22.3 Å². The number of fused-ring (bicyclic) bond motifs is 2. The third-order valence-corrected chi connectivity index (χ3v) is 13.9. The molecule has 21 atom stereocenters. The molecule has 21 heteroatoms. The maximum atomic E-state index is 14.9. The van der Waals surface area contributed by atoms with Gasteiger partial charge in [-0.05, 0) is 78.0 Å². The number of phenols is 2. The van der Waals surface area contributed by atoms with E-state index in [0.717, 1.165) is 0 Å². The van der Waals surface area contributed by atoms with Gasteiger partial charge in [0.05, 0.1) is 65.4 Å². The van der Waals surface area contributed by atoms with Crippen LogP contribution in [0.2, 0.25) is 0 Å². The Morgan fingerprint density at radius 2 is 1.33 bits per heavy atom. The van der Waals surface area contributed by atoms with Crippen LogP contribution in [0.5, 0.6) is 17.2 Å². The summed E-state index contributed by atoms with van der Waals surface area (Å²) in [7, 11) is 1.19. The average molecular weight is 955 g/mol. The number of ketones is 2. The summed E-state index contributed by atoms with van der Waals surface area (Å²) in [6.45, 7) is 10.5. The predicted molar refractivity (Wildman–Crippen MR) is 229 cm³/mol. The van der Waals surface area contributed by atoms with Crippen LogP contribution >= 0.6 is 0 Å². The van der Waals surface area contributed by atoms with Gasteiger partial charge in [-0.1, -0.05) is 0 Å². The summed E-state index contributed by atoms with van der Waals surface area (Å²) >= 11 is 0. The molecule has 0 amide bonds. The number of aliphatic hydroxyl groups excluding tert-OH is 7. The van der Waals surface area contributed by atoms with E-state index in [1.54, 1.807) is 27.7 Å². The zero-order chi connectivity index (χ0) is 49.1. The first-order chi connectivity index (χ1) is 31.4. The van der Waals surface area contributed by atoms with Crippen LogP contribution in [-0.4, -0.2) is 192 Å². The highest BCUT2D eigenvalue weighted by atomic mass is 16.7. The second-order valence-electron chi connectivity index (χ2n) is 19.0. The molecule has 2 aromatic carbocycles. The number of rotatable bonds is 13. The Morgan fingerprint density at radius 1 is 0.776 bits per heavy atom. The van der Waals surface area contributed by atoms with Gasteiger partial charge in [-0.15, -0.1) is 0 Å². The van der Waals surface area contributed by atoms with Crippen molar-refractivity contribution in [1.82, 2.24) is 0 Å². The number of carbonyl (C=O) groups is 2. The summed E-state index contributed by atoms with van der Waals surface area (Å²) in [6, 6.07) is 3.02. The van der Waals surface area contributed by atoms with E-state index in [-0.39, 0.29) is 65.3 Å². The molecular weight excluding hydrogens is 888 g/mol. The Morgan fingerprint density at radius 3 is 1.90 bits per heavy atom. The topological polar surface area (TPSA) is 320 Å². The molecule has 4 fully saturated rings. The third-order valence-electron chi connectivity index (χ3n) is 13.9. The van der Waals surface area contributed by atoms with Crippen molar-refractivity contribution < 1.29 is 103 Å². The monoisotopic (exact) mass is 954 g/mol. The molecule has 0 aromatic heterocycles. The van der Waals surface area contributed by atoms with Crippen molar-refractivity contribution in [1.29, 1.82) is 0 Å². The van der Waals surface area contributed by atoms with E-state index in [0.29, 0.717) is 0 Å². The minimum Gasteiger partial charge on any atom is -0.507 e. The van der Waals surface area contributed by atoms with Gasteiger partial charge < -0.3 is 93.7 Å². The zero-order valence-corrected chi connectivity index (χ0v) is 38.7. The molecule has 7 rings (SSSR count). The Bertz CT molecular complexity index is 2090. The summed E-state index contributed by atoms with van der Waals surface area (Å²) in [5.41, 5.74) is -1.40. The zero-order valence-electron chi connectivity index (χ0n) is 38.7. The number of aromatic hydroxyl groups is 2. The number of carbonyl (C=O) groups excluding carboxylic acids is 2. The van der Waals surface area contributed by atoms with Crippen molar-refractivity contribution in [2.75, 3.05) is 7.11 Å². The Hall–Kier alpha value is -3.20. The van der Waals surface area contributed by atoms with E-state index in [1.807, 2.05) is 0 Å². The van der Waals surface area contributed by atoms with Crippen LogP contribution in [0.15, 0.2) is 12.1 Å². The predicted octanol–water partition coefficient (Wildman–Crippen LogP) is -0.130. The lowest BCUT2D eigenvalue weighted by Gasteiger charge is -2.46. The molecule has 2 aromatic rings. The highest BCUT2D eigenvalue weighted by Gasteiger charge is 2.51. The van der Waals surface area contributed by atoms with Crippen LogP contribution in [-0.2, 0) is 49.1 Å². The number of aliphatic hydroxyl groups is 8. The van der Waals surface area contributed by atoms with Gasteiger partial charge >= 0.3 is 0 Å². The molecule has 1 aliphatic carbocycles. The highest BCUT2D eigenvalue weighted by molar-refractivity contribution is 6.11. The lowest BCUT2D eigenvalue weighted by atomic mass is 9.75. The van der Waals surface area contributed by atoms with Crippen LogP contribution in [0, 0.1) is 12.8 Å². The number of benzene rings is 2. The minimum atomic E-state index is -1.92. The number of methoxy groups -OCH3 is 1. The fourth-order valence-electron chi connectivity index (χ4n) is 9.92. The molecule has 0 saturated carbocycles. The normalized spacial score (nSPS) is 40.8. The minimum absolute atomic E-state index is 0.0500. The van der Waals surface area contributed by atoms with Crippen LogP contribution < -0.4 is 4.74 Å². The summed E-state index contributed by atoms with van der Waals surface area (Å²) in [5, 5.41) is 108. The van der Waals surface area contributed by atoms with E-state index in [1.165, 1.54) is 40.0 Å². The van der Waals surface area contributed by atoms with Crippen molar-refractivity contribution in [2.45, 2.75) is 203 Å². The highest BCUT2D eigenvalue weighted by Crippen LogP contribution is 2.47. The van der Waals surface area contributed by atoms with Gasteiger partial charge in [0, 0.05) is 44.3 Å². The quantitative estimate of drug-likeness (QED) is 0.125. The first kappa shape index (κ1) is 51.6. The molecule has 5 unspecified atom stereocenters. The second-order valence-corrected chi connectivity index (χ2v) is 19.0. The maximum absolute atomic E-state index is 14.9. The van der Waals surface area contributed by atoms with Crippen molar-refractivity contribution in [3.05, 3.63) is 28.8 Å². The first-order valence-electron chi connectivity index (χ1n) is 22.8. The molecule has 5 aliphatic rings. The van der Waals surface area contributed by atoms with Crippen molar-refractivity contribution in [2.24, 2.45) is 5.92 Å². The van der Waals surface area contributed by atoms with Crippen LogP contribution in [0.1, 0.15) is 88.7 Å². The Balaban J connectivity index is 1.16. The third kappa shape index (κ3) is 10.3. The lowest BCUT2D eigenvalue weighted by molar-refractivity contribution is -0.334. The SMILES string of the molecule is CO[C@H](C(=O)[C@@H](O)[C@@H](C)O)[C@@H]1Cc2cc3cc(O[C@H]4CC(O)[C@H](O)C(C)O4)c(C)c(O)c3c(O)c2C(=O)[C@H]1O[C@H]1C[C@@H](O[C@H]2C[C@@H](O[C@H]3C[C@](C)(O)[C@H](O)C(C)O3)[C@@H](O)C(C)O2)[C@H](O)C(C)O1. The molecule has 4 heterocycles. The van der Waals surface area contributed by atoms with Crippen LogP contribution in [0.25, 0.3) is 10.8 Å². The van der Waals surface area contributed by atoms with Crippen LogP contribution in [0.4, 0.5) is 0 Å². The van der Waals surface area contributed by atoms with Gasteiger partial charge in [-0.25, -0.2) is 0 Å². The van der Waals surface area contributed by atoms with E-state index >= 15 is 0 Å². The molecule has 21 nitrogen and oxygen atoms in total. The summed E-state index contributed by atoms with van der Waals surface area (Å²) < 4.78 is 54.0. The number of Topliss-reactive ketones (excluding diaryl/α,β-unsaturated/α-hetero) is 2. The summed E-state index contributed by atoms with van der Waals surface area (Å²) in [6.07, 6.45) is -22.9. The standard InChI is InChI=1S/C46H66O21/c1-16-26(64-29-12-25(48)37(51)18(3)60-29)11-23-9-22-10-24(43(59-8)42(56)36(50)17(2)47)44(41(55)34(22)40(54)33(23)35(16)49)67-31-14-27(38(52)20(5)62-31)65-30-13-28(39(53)19(4)61-30)66-32-15-46(7,58)45(57)21(6)63-32/h9,11,17-21,24-25,27-32,36-39,43-45,47-54,57-58H,10,12-15H2,1-8H3/t17-,18?,19?,20?,21?,24+,25?,27-,28-,29+,30+,31+,32+,36+,37-,38-,39+,43+,44+,45-,46+/m1/s1. The smallest absolute Gasteiger partial charge is 0.202 e. The first-order valence-corrected chi connectivity index (χ1v) is 22.8. The largest absolute Gasteiger partial charge is 0.507 e. The van der Waals surface area contributed by atoms with E-state index < -0.39 is 151 Å². The fraction of sp³-hybridized carbons (Fsp3) is 0.739. The average Bonchev–Trinajstić information content (AvgIpc) is 3.25. The molecule has 67 heavy (non-hydrogen) atoms. The molecule has 10 N–H and O–H groups in total. The molecule has 0 bridgehead atoms. The van der Waals surface area contributed by atoms with Gasteiger partial charge in [0.15, 0.2) is 30.4 Å². The molecular formula is C46H66O21. The van der Waals surface area contributed by atoms with Crippen molar-refractivity contribution in [3.63, 3.8) is 0 Å². The van der Waals surface area contributed by atoms with E-state index in [9.17, 15) is 60.7 Å². The Labute approximate surface area is 387 Å².